The standard InChI is InChI=1S/C9H14N4O4S/c1-7-8(6-11-17-7)9(14)12-2-4-13(5-3-12)18(10,15)16/h6H,2-5H2,1H3,(H2,10,15,16). The zero-order valence-corrected chi connectivity index (χ0v) is 10.7. The first-order valence-corrected chi connectivity index (χ1v) is 6.88. The van der Waals surface area contributed by atoms with Crippen molar-refractivity contribution in [2.24, 2.45) is 5.14 Å². The van der Waals surface area contributed by atoms with Crippen LogP contribution >= 0.6 is 0 Å². The van der Waals surface area contributed by atoms with Crippen molar-refractivity contribution in [2.75, 3.05) is 26.2 Å². The minimum absolute atomic E-state index is 0.203. The maximum absolute atomic E-state index is 12.1. The van der Waals surface area contributed by atoms with E-state index in [1.165, 1.54) is 6.20 Å². The number of hydrogen-bond donors (Lipinski definition) is 1. The van der Waals surface area contributed by atoms with Gasteiger partial charge in [-0.05, 0) is 6.92 Å². The van der Waals surface area contributed by atoms with Crippen LogP contribution in [0.3, 0.4) is 0 Å². The fourth-order valence-corrected chi connectivity index (χ4v) is 2.49. The van der Waals surface area contributed by atoms with Crippen LogP contribution in [0.1, 0.15) is 16.1 Å². The second-order valence-electron chi connectivity index (χ2n) is 4.03. The third-order valence-electron chi connectivity index (χ3n) is 2.87. The van der Waals surface area contributed by atoms with E-state index in [1.807, 2.05) is 0 Å². The van der Waals surface area contributed by atoms with E-state index in [1.54, 1.807) is 11.8 Å². The first-order chi connectivity index (χ1) is 8.39. The van der Waals surface area contributed by atoms with Gasteiger partial charge < -0.3 is 9.42 Å². The van der Waals surface area contributed by atoms with Gasteiger partial charge in [0.1, 0.15) is 11.3 Å². The van der Waals surface area contributed by atoms with Crippen LogP contribution in [0.15, 0.2) is 10.7 Å². The van der Waals surface area contributed by atoms with Crippen LogP contribution in [0.4, 0.5) is 0 Å². The number of piperazine rings is 1. The highest BCUT2D eigenvalue weighted by atomic mass is 32.2. The molecular weight excluding hydrogens is 260 g/mol. The minimum Gasteiger partial charge on any atom is -0.361 e. The Bertz CT molecular complexity index is 545. The van der Waals surface area contributed by atoms with Gasteiger partial charge in [0.25, 0.3) is 16.1 Å². The molecule has 0 atom stereocenters. The van der Waals surface area contributed by atoms with Crippen LogP contribution in [0, 0.1) is 6.92 Å². The molecule has 1 aromatic rings. The number of hydrogen-bond acceptors (Lipinski definition) is 5. The van der Waals surface area contributed by atoms with Crippen LogP contribution in [-0.4, -0.2) is 54.9 Å². The van der Waals surface area contributed by atoms with Crippen molar-refractivity contribution >= 4 is 16.1 Å². The number of rotatable bonds is 2. The zero-order chi connectivity index (χ0) is 13.3. The number of nitrogens with two attached hydrogens (primary N) is 1. The van der Waals surface area contributed by atoms with Crippen LogP contribution in [0.2, 0.25) is 0 Å². The maximum atomic E-state index is 12.1. The van der Waals surface area contributed by atoms with Gasteiger partial charge in [-0.25, -0.2) is 5.14 Å². The molecule has 18 heavy (non-hydrogen) atoms. The Morgan fingerprint density at radius 1 is 1.39 bits per heavy atom. The Labute approximate surface area is 104 Å². The molecule has 0 aromatic carbocycles. The summed E-state index contributed by atoms with van der Waals surface area (Å²) in [5.41, 5.74) is 0.402. The Balaban J connectivity index is 2.03. The topological polar surface area (TPSA) is 110 Å². The van der Waals surface area contributed by atoms with Crippen molar-refractivity contribution in [1.82, 2.24) is 14.4 Å². The smallest absolute Gasteiger partial charge is 0.277 e. The summed E-state index contributed by atoms with van der Waals surface area (Å²) in [4.78, 5) is 13.6. The van der Waals surface area contributed by atoms with Crippen molar-refractivity contribution < 1.29 is 17.7 Å². The van der Waals surface area contributed by atoms with Gasteiger partial charge in [-0.2, -0.15) is 12.7 Å². The SMILES string of the molecule is Cc1oncc1C(=O)N1CCN(S(N)(=O)=O)CC1. The second-order valence-corrected chi connectivity index (χ2v) is 5.58. The third-order valence-corrected chi connectivity index (χ3v) is 3.95. The molecule has 9 heteroatoms. The van der Waals surface area contributed by atoms with Crippen LogP contribution in [0.5, 0.6) is 0 Å². The maximum Gasteiger partial charge on any atom is 0.277 e. The van der Waals surface area contributed by atoms with Crippen LogP contribution in [-0.2, 0) is 10.2 Å². The quantitative estimate of drug-likeness (QED) is 0.739. The molecule has 1 fully saturated rings. The molecule has 0 saturated carbocycles. The van der Waals surface area contributed by atoms with Gasteiger partial charge in [-0.15, -0.1) is 0 Å². The first-order valence-electron chi connectivity index (χ1n) is 5.38. The Kier molecular flexibility index (Phi) is 3.37. The van der Waals surface area contributed by atoms with Crippen molar-refractivity contribution in [3.8, 4) is 0 Å². The first kappa shape index (κ1) is 13.0. The minimum atomic E-state index is -3.67. The van der Waals surface area contributed by atoms with E-state index in [2.05, 4.69) is 5.16 Å². The van der Waals surface area contributed by atoms with Crippen LogP contribution in [0.25, 0.3) is 0 Å². The summed E-state index contributed by atoms with van der Waals surface area (Å²) in [5, 5.41) is 8.56. The Morgan fingerprint density at radius 3 is 2.44 bits per heavy atom. The highest BCUT2D eigenvalue weighted by Crippen LogP contribution is 2.12. The number of carbonyl (C=O) groups excluding carboxylic acids is 1. The molecule has 0 unspecified atom stereocenters. The van der Waals surface area contributed by atoms with Gasteiger partial charge in [0.2, 0.25) is 0 Å². The fraction of sp³-hybridized carbons (Fsp3) is 0.556. The molecule has 0 spiro atoms. The van der Waals surface area contributed by atoms with E-state index < -0.39 is 10.2 Å². The molecule has 1 aromatic heterocycles. The van der Waals surface area contributed by atoms with Gasteiger partial charge in [-0.3, -0.25) is 4.79 Å². The number of carbonyl (C=O) groups is 1. The summed E-state index contributed by atoms with van der Waals surface area (Å²) in [6.45, 7) is 2.67. The third kappa shape index (κ3) is 2.52. The molecular formula is C9H14N4O4S. The molecule has 0 radical (unpaired) electrons. The predicted octanol–water partition coefficient (Wildman–Crippen LogP) is -1.06. The molecule has 0 aliphatic carbocycles. The summed E-state index contributed by atoms with van der Waals surface area (Å²) < 4.78 is 28.2. The summed E-state index contributed by atoms with van der Waals surface area (Å²) in [6, 6.07) is 0. The lowest BCUT2D eigenvalue weighted by atomic mass is 10.2. The number of nitrogens with zero attached hydrogens (tertiary/aromatic N) is 3. The van der Waals surface area contributed by atoms with E-state index in [-0.39, 0.29) is 19.0 Å². The monoisotopic (exact) mass is 274 g/mol. The van der Waals surface area contributed by atoms with E-state index in [0.717, 1.165) is 4.31 Å². The van der Waals surface area contributed by atoms with Gasteiger partial charge in [0, 0.05) is 26.2 Å². The predicted molar refractivity (Wildman–Crippen MR) is 61.8 cm³/mol. The molecule has 100 valence electrons. The highest BCUT2D eigenvalue weighted by molar-refractivity contribution is 7.86. The lowest BCUT2D eigenvalue weighted by Crippen LogP contribution is -2.52. The molecule has 2 heterocycles. The highest BCUT2D eigenvalue weighted by Gasteiger charge is 2.28. The van der Waals surface area contributed by atoms with Crippen molar-refractivity contribution in [3.05, 3.63) is 17.5 Å². The number of aromatic nitrogens is 1. The largest absolute Gasteiger partial charge is 0.361 e. The number of amides is 1. The normalized spacial score (nSPS) is 18.0. The average molecular weight is 274 g/mol. The molecule has 2 N–H and O–H groups in total. The Hall–Kier alpha value is -1.45. The summed E-state index contributed by atoms with van der Waals surface area (Å²) in [5.74, 6) is 0.247. The average Bonchev–Trinajstić information content (AvgIpc) is 2.73. The van der Waals surface area contributed by atoms with E-state index in [0.29, 0.717) is 24.4 Å². The van der Waals surface area contributed by atoms with Gasteiger partial charge in [-0.1, -0.05) is 5.16 Å². The molecule has 1 saturated heterocycles. The fourth-order valence-electron chi connectivity index (χ4n) is 1.82. The van der Waals surface area contributed by atoms with Gasteiger partial charge in [0.15, 0.2) is 0 Å². The number of aryl methyl sites for hydroxylation is 1. The van der Waals surface area contributed by atoms with Crippen molar-refractivity contribution in [2.45, 2.75) is 6.92 Å². The lowest BCUT2D eigenvalue weighted by molar-refractivity contribution is 0.0696. The molecule has 0 bridgehead atoms. The summed E-state index contributed by atoms with van der Waals surface area (Å²) in [6.07, 6.45) is 1.36. The van der Waals surface area contributed by atoms with Gasteiger partial charge >= 0.3 is 0 Å². The zero-order valence-electron chi connectivity index (χ0n) is 9.87. The summed E-state index contributed by atoms with van der Waals surface area (Å²) in [7, 11) is -3.67. The molecule has 8 nitrogen and oxygen atoms in total. The Morgan fingerprint density at radius 2 is 2.00 bits per heavy atom. The molecule has 1 aliphatic heterocycles. The van der Waals surface area contributed by atoms with E-state index >= 15 is 0 Å². The van der Waals surface area contributed by atoms with Crippen LogP contribution < -0.4 is 5.14 Å². The van der Waals surface area contributed by atoms with E-state index in [9.17, 15) is 13.2 Å². The van der Waals surface area contributed by atoms with Crippen molar-refractivity contribution in [3.63, 3.8) is 0 Å². The molecule has 1 amide bonds. The second kappa shape index (κ2) is 4.67. The van der Waals surface area contributed by atoms with Gasteiger partial charge in [0.05, 0.1) is 6.20 Å². The lowest BCUT2D eigenvalue weighted by Gasteiger charge is -2.32. The summed E-state index contributed by atoms with van der Waals surface area (Å²) >= 11 is 0. The van der Waals surface area contributed by atoms with E-state index in [4.69, 9.17) is 9.66 Å². The van der Waals surface area contributed by atoms with Crippen molar-refractivity contribution in [1.29, 1.82) is 0 Å². The molecule has 2 rings (SSSR count). The molecule has 1 aliphatic rings.